The first-order valence-electron chi connectivity index (χ1n) is 10.0. The van der Waals surface area contributed by atoms with Crippen LogP contribution in [0.15, 0.2) is 24.5 Å². The van der Waals surface area contributed by atoms with E-state index in [1.807, 2.05) is 0 Å². The van der Waals surface area contributed by atoms with Crippen molar-refractivity contribution in [3.8, 4) is 11.3 Å². The highest BCUT2D eigenvalue weighted by molar-refractivity contribution is 5.72. The molecule has 154 valence electrons. The van der Waals surface area contributed by atoms with Crippen LogP contribution in [0.5, 0.6) is 0 Å². The number of hydrogen-bond donors (Lipinski definition) is 2. The lowest BCUT2D eigenvalue weighted by molar-refractivity contribution is -0.146. The maximum absolute atomic E-state index is 14.5. The van der Waals surface area contributed by atoms with E-state index in [1.54, 1.807) is 18.3 Å². The molecule has 0 radical (unpaired) electrons. The number of aromatic nitrogens is 3. The van der Waals surface area contributed by atoms with Crippen LogP contribution in [0.3, 0.4) is 0 Å². The lowest BCUT2D eigenvalue weighted by Crippen LogP contribution is -2.34. The number of halogens is 1. The fourth-order valence-corrected chi connectivity index (χ4v) is 4.06. The minimum absolute atomic E-state index is 0.0599. The van der Waals surface area contributed by atoms with E-state index in [9.17, 15) is 14.3 Å². The van der Waals surface area contributed by atoms with Crippen molar-refractivity contribution in [2.45, 2.75) is 56.6 Å². The molecule has 2 aliphatic rings. The van der Waals surface area contributed by atoms with Gasteiger partial charge in [0, 0.05) is 17.8 Å². The van der Waals surface area contributed by atoms with Crippen molar-refractivity contribution < 1.29 is 19.0 Å². The molecule has 0 aliphatic heterocycles. The van der Waals surface area contributed by atoms with Gasteiger partial charge in [-0.1, -0.05) is 0 Å². The van der Waals surface area contributed by atoms with Gasteiger partial charge in [0.2, 0.25) is 5.95 Å². The van der Waals surface area contributed by atoms with Gasteiger partial charge in [0.1, 0.15) is 11.3 Å². The summed E-state index contributed by atoms with van der Waals surface area (Å²) in [5.74, 6) is -0.396. The summed E-state index contributed by atoms with van der Waals surface area (Å²) >= 11 is 0. The van der Waals surface area contributed by atoms with Gasteiger partial charge < -0.3 is 15.2 Å². The van der Waals surface area contributed by atoms with E-state index < -0.39 is 11.4 Å². The number of pyridine rings is 1. The predicted octanol–water partition coefficient (Wildman–Crippen LogP) is 3.19. The van der Waals surface area contributed by atoms with E-state index in [2.05, 4.69) is 20.3 Å². The average Bonchev–Trinajstić information content (AvgIpc) is 2.73. The molecule has 29 heavy (non-hydrogen) atoms. The van der Waals surface area contributed by atoms with Crippen LogP contribution >= 0.6 is 0 Å². The molecule has 0 atom stereocenters. The lowest BCUT2D eigenvalue weighted by Gasteiger charge is -2.36. The Labute approximate surface area is 168 Å². The first-order chi connectivity index (χ1) is 14.0. The highest BCUT2D eigenvalue weighted by Crippen LogP contribution is 2.41. The number of carbonyl (C=O) groups excluding carboxylic acids is 1. The van der Waals surface area contributed by atoms with Gasteiger partial charge in [0.15, 0.2) is 5.82 Å². The summed E-state index contributed by atoms with van der Waals surface area (Å²) < 4.78 is 19.3. The monoisotopic (exact) mass is 400 g/mol. The van der Waals surface area contributed by atoms with Crippen LogP contribution in [0.25, 0.3) is 11.3 Å². The molecule has 2 saturated carbocycles. The Bertz CT molecular complexity index is 895. The third-order valence-electron chi connectivity index (χ3n) is 6.03. The van der Waals surface area contributed by atoms with Crippen molar-refractivity contribution in [1.29, 1.82) is 0 Å². The molecule has 7 nitrogen and oxygen atoms in total. The number of hydrogen-bond acceptors (Lipinski definition) is 7. The van der Waals surface area contributed by atoms with Crippen LogP contribution in [-0.4, -0.2) is 39.2 Å². The maximum Gasteiger partial charge on any atom is 0.308 e. The molecule has 0 spiro atoms. The number of carbonyl (C=O) groups is 1. The van der Waals surface area contributed by atoms with Crippen LogP contribution in [0, 0.1) is 11.7 Å². The van der Waals surface area contributed by atoms with E-state index in [-0.39, 0.29) is 23.6 Å². The highest BCUT2D eigenvalue weighted by atomic mass is 19.1. The Morgan fingerprint density at radius 3 is 2.69 bits per heavy atom. The van der Waals surface area contributed by atoms with E-state index in [1.165, 1.54) is 7.11 Å². The zero-order valence-corrected chi connectivity index (χ0v) is 16.4. The SMILES string of the molecule is COC(=O)[C@H]1CC[C@H](Nc2ncc(F)c(-c3ccnc(C4(O)CCC4)c3)n2)CC1. The quantitative estimate of drug-likeness (QED) is 0.744. The molecule has 2 aliphatic carbocycles. The molecule has 4 rings (SSSR count). The number of methoxy groups -OCH3 is 1. The van der Waals surface area contributed by atoms with E-state index in [4.69, 9.17) is 4.74 Å². The summed E-state index contributed by atoms with van der Waals surface area (Å²) in [7, 11) is 1.41. The second kappa shape index (κ2) is 8.02. The highest BCUT2D eigenvalue weighted by Gasteiger charge is 2.37. The largest absolute Gasteiger partial charge is 0.469 e. The Kier molecular flexibility index (Phi) is 5.45. The number of nitrogens with zero attached hydrogens (tertiary/aromatic N) is 3. The van der Waals surface area contributed by atoms with Crippen LogP contribution in [0.2, 0.25) is 0 Å². The Hall–Kier alpha value is -2.61. The van der Waals surface area contributed by atoms with Crippen molar-refractivity contribution >= 4 is 11.9 Å². The summed E-state index contributed by atoms with van der Waals surface area (Å²) in [5.41, 5.74) is 0.374. The lowest BCUT2D eigenvalue weighted by atomic mass is 9.77. The molecular formula is C21H25FN4O3. The number of anilines is 1. The average molecular weight is 400 g/mol. The normalized spacial score (nSPS) is 23.1. The van der Waals surface area contributed by atoms with Gasteiger partial charge in [0.25, 0.3) is 0 Å². The Morgan fingerprint density at radius 1 is 1.28 bits per heavy atom. The van der Waals surface area contributed by atoms with E-state index >= 15 is 0 Å². The van der Waals surface area contributed by atoms with Crippen molar-refractivity contribution in [2.24, 2.45) is 5.92 Å². The summed E-state index contributed by atoms with van der Waals surface area (Å²) in [6, 6.07) is 3.51. The van der Waals surface area contributed by atoms with Gasteiger partial charge in [-0.15, -0.1) is 0 Å². The summed E-state index contributed by atoms with van der Waals surface area (Å²) in [6.07, 6.45) is 8.08. The zero-order chi connectivity index (χ0) is 20.4. The molecule has 2 aromatic heterocycles. The van der Waals surface area contributed by atoms with Gasteiger partial charge in [-0.25, -0.2) is 14.4 Å². The van der Waals surface area contributed by atoms with E-state index in [0.717, 1.165) is 38.3 Å². The first-order valence-corrected chi connectivity index (χ1v) is 10.0. The third-order valence-corrected chi connectivity index (χ3v) is 6.03. The number of nitrogens with one attached hydrogen (secondary N) is 1. The van der Waals surface area contributed by atoms with Gasteiger partial charge in [-0.05, 0) is 57.1 Å². The number of ether oxygens (including phenoxy) is 1. The number of aliphatic hydroxyl groups is 1. The minimum atomic E-state index is -0.918. The zero-order valence-electron chi connectivity index (χ0n) is 16.4. The minimum Gasteiger partial charge on any atom is -0.469 e. The molecule has 2 N–H and O–H groups in total. The van der Waals surface area contributed by atoms with Crippen LogP contribution in [-0.2, 0) is 15.1 Å². The first kappa shape index (κ1) is 19.7. The van der Waals surface area contributed by atoms with Crippen molar-refractivity contribution in [3.05, 3.63) is 36.0 Å². The summed E-state index contributed by atoms with van der Waals surface area (Å²) in [5, 5.41) is 13.8. The fraction of sp³-hybridized carbons (Fsp3) is 0.524. The molecule has 2 aromatic rings. The number of esters is 1. The van der Waals surface area contributed by atoms with E-state index in [0.29, 0.717) is 30.0 Å². The summed E-state index contributed by atoms with van der Waals surface area (Å²) in [6.45, 7) is 0. The predicted molar refractivity (Wildman–Crippen MR) is 104 cm³/mol. The second-order valence-electron chi connectivity index (χ2n) is 7.92. The topological polar surface area (TPSA) is 97.2 Å². The third kappa shape index (κ3) is 4.07. The van der Waals surface area contributed by atoms with Crippen LogP contribution in [0.4, 0.5) is 10.3 Å². The second-order valence-corrected chi connectivity index (χ2v) is 7.92. The van der Waals surface area contributed by atoms with Gasteiger partial charge in [-0.3, -0.25) is 9.78 Å². The van der Waals surface area contributed by atoms with Crippen molar-refractivity contribution in [2.75, 3.05) is 12.4 Å². The standard InChI is InChI=1S/C21H25FN4O3/c1-29-19(27)13-3-5-15(6-4-13)25-20-24-12-16(22)18(26-20)14-7-10-23-17(11-14)21(28)8-2-9-21/h7,10-13,15,28H,2-6,8-9H2,1H3,(H,24,25,26)/t13-,15-. The summed E-state index contributed by atoms with van der Waals surface area (Å²) in [4.78, 5) is 24.4. The molecule has 0 aromatic carbocycles. The van der Waals surface area contributed by atoms with Crippen LogP contribution in [0.1, 0.15) is 50.6 Å². The fourth-order valence-electron chi connectivity index (χ4n) is 4.06. The molecule has 0 bridgehead atoms. The number of rotatable bonds is 5. The molecule has 8 heteroatoms. The molecule has 2 fully saturated rings. The molecule has 0 saturated heterocycles. The maximum atomic E-state index is 14.5. The van der Waals surface area contributed by atoms with Gasteiger partial charge in [0.05, 0.1) is 24.9 Å². The van der Waals surface area contributed by atoms with Crippen LogP contribution < -0.4 is 5.32 Å². The Morgan fingerprint density at radius 2 is 2.03 bits per heavy atom. The molecule has 2 heterocycles. The van der Waals surface area contributed by atoms with Gasteiger partial charge >= 0.3 is 5.97 Å². The van der Waals surface area contributed by atoms with Gasteiger partial charge in [-0.2, -0.15) is 0 Å². The smallest absolute Gasteiger partial charge is 0.308 e. The van der Waals surface area contributed by atoms with Crippen molar-refractivity contribution in [1.82, 2.24) is 15.0 Å². The van der Waals surface area contributed by atoms with Crippen molar-refractivity contribution in [3.63, 3.8) is 0 Å². The molecule has 0 amide bonds. The molecule has 0 unspecified atom stereocenters. The Balaban J connectivity index is 1.49. The molecular weight excluding hydrogens is 375 g/mol.